The van der Waals surface area contributed by atoms with Gasteiger partial charge in [0.15, 0.2) is 0 Å². The number of nitrogens with two attached hydrogens (primary N) is 1. The molecule has 164 valence electrons. The molecule has 1 aliphatic rings. The first-order chi connectivity index (χ1) is 13.8. The molecule has 0 atom stereocenters. The summed E-state index contributed by atoms with van der Waals surface area (Å²) in [4.78, 5) is 2.35. The predicted molar refractivity (Wildman–Crippen MR) is 122 cm³/mol. The van der Waals surface area contributed by atoms with Gasteiger partial charge >= 0.3 is 0 Å². The van der Waals surface area contributed by atoms with Gasteiger partial charge < -0.3 is 10.8 Å². The highest BCUT2D eigenvalue weighted by Gasteiger charge is 2.28. The summed E-state index contributed by atoms with van der Waals surface area (Å²) in [6.07, 6.45) is 23.4. The van der Waals surface area contributed by atoms with E-state index < -0.39 is 0 Å². The summed E-state index contributed by atoms with van der Waals surface area (Å²) in [6.45, 7) is 7.05. The third kappa shape index (κ3) is 11.9. The summed E-state index contributed by atoms with van der Waals surface area (Å²) in [7, 11) is 0. The summed E-state index contributed by atoms with van der Waals surface area (Å²) < 4.78 is 2.42. The van der Waals surface area contributed by atoms with E-state index in [1.165, 1.54) is 89.3 Å². The van der Waals surface area contributed by atoms with Gasteiger partial charge in [-0.05, 0) is 32.1 Å². The number of rotatable bonds is 19. The van der Waals surface area contributed by atoms with Crippen molar-refractivity contribution in [3.05, 3.63) is 12.2 Å². The van der Waals surface area contributed by atoms with E-state index in [4.69, 9.17) is 5.73 Å². The van der Waals surface area contributed by atoms with Gasteiger partial charge in [0.2, 0.25) is 5.84 Å². The second kappa shape index (κ2) is 18.2. The van der Waals surface area contributed by atoms with E-state index in [9.17, 15) is 5.11 Å². The van der Waals surface area contributed by atoms with Crippen molar-refractivity contribution in [3.8, 4) is 0 Å². The Balaban J connectivity index is 1.99. The van der Waals surface area contributed by atoms with Gasteiger partial charge in [0.05, 0.1) is 13.2 Å². The molecule has 3 N–H and O–H groups in total. The Morgan fingerprint density at radius 2 is 1.54 bits per heavy atom. The number of hydrogen-bond donors (Lipinski definition) is 2. The molecule has 0 spiro atoms. The lowest BCUT2D eigenvalue weighted by Gasteiger charge is -2.12. The average Bonchev–Trinajstić information content (AvgIpc) is 3.07. The van der Waals surface area contributed by atoms with Crippen LogP contribution in [0.15, 0.2) is 12.2 Å². The van der Waals surface area contributed by atoms with Crippen LogP contribution < -0.4 is 5.73 Å². The first-order valence-corrected chi connectivity index (χ1v) is 12.1. The van der Waals surface area contributed by atoms with E-state index in [0.717, 1.165) is 32.6 Å². The van der Waals surface area contributed by atoms with Crippen LogP contribution in [0.2, 0.25) is 0 Å². The molecular formula is C24H48N3O+. The van der Waals surface area contributed by atoms with E-state index in [1.54, 1.807) is 0 Å². The molecule has 0 aromatic heterocycles. The minimum atomic E-state index is 0.242. The van der Waals surface area contributed by atoms with Gasteiger partial charge in [-0.15, -0.1) is 0 Å². The van der Waals surface area contributed by atoms with Crippen LogP contribution in [-0.4, -0.2) is 59.7 Å². The van der Waals surface area contributed by atoms with Gasteiger partial charge in [-0.25, -0.2) is 0 Å². The molecule has 0 aromatic rings. The fourth-order valence-electron chi connectivity index (χ4n) is 4.13. The quantitative estimate of drug-likeness (QED) is 0.190. The van der Waals surface area contributed by atoms with Gasteiger partial charge in [-0.3, -0.25) is 9.48 Å². The third-order valence-electron chi connectivity index (χ3n) is 5.80. The Morgan fingerprint density at radius 3 is 2.14 bits per heavy atom. The Kier molecular flexibility index (Phi) is 16.3. The zero-order valence-corrected chi connectivity index (χ0v) is 18.7. The zero-order chi connectivity index (χ0) is 20.3. The highest BCUT2D eigenvalue weighted by molar-refractivity contribution is 5.78. The van der Waals surface area contributed by atoms with Crippen LogP contribution in [0.4, 0.5) is 0 Å². The number of allylic oxidation sites excluding steroid dienone is 2. The first-order valence-electron chi connectivity index (χ1n) is 12.1. The number of aliphatic hydroxyl groups excluding tert-OH is 1. The Labute approximate surface area is 174 Å². The second-order valence-corrected chi connectivity index (χ2v) is 8.24. The van der Waals surface area contributed by atoms with Gasteiger partial charge in [0, 0.05) is 13.0 Å². The number of unbranched alkanes of at least 4 members (excludes halogenated alkanes) is 11. The highest BCUT2D eigenvalue weighted by atomic mass is 16.3. The lowest BCUT2D eigenvalue weighted by molar-refractivity contribution is -0.516. The maximum Gasteiger partial charge on any atom is 0.247 e. The zero-order valence-electron chi connectivity index (χ0n) is 18.7. The molecule has 4 nitrogen and oxygen atoms in total. The summed E-state index contributed by atoms with van der Waals surface area (Å²) in [5, 5.41) is 9.26. The minimum Gasteiger partial charge on any atom is -0.392 e. The molecule has 1 aliphatic heterocycles. The summed E-state index contributed by atoms with van der Waals surface area (Å²) in [6, 6.07) is 0. The smallest absolute Gasteiger partial charge is 0.247 e. The molecule has 0 saturated heterocycles. The van der Waals surface area contributed by atoms with Crippen molar-refractivity contribution in [2.45, 2.75) is 96.8 Å². The van der Waals surface area contributed by atoms with Crippen molar-refractivity contribution in [1.82, 2.24) is 4.90 Å². The van der Waals surface area contributed by atoms with Crippen LogP contribution in [0.5, 0.6) is 0 Å². The van der Waals surface area contributed by atoms with E-state index in [2.05, 4.69) is 28.6 Å². The van der Waals surface area contributed by atoms with Crippen LogP contribution in [0.1, 0.15) is 96.8 Å². The van der Waals surface area contributed by atoms with Crippen LogP contribution in [-0.2, 0) is 0 Å². The van der Waals surface area contributed by atoms with E-state index >= 15 is 0 Å². The fourth-order valence-corrected chi connectivity index (χ4v) is 4.13. The molecule has 0 radical (unpaired) electrons. The molecule has 0 amide bonds. The van der Waals surface area contributed by atoms with Crippen molar-refractivity contribution >= 4 is 5.84 Å². The standard InChI is InChI=1S/C24H48N3O/c1-2-3-4-5-6-7-8-9-10-11-12-13-14-15-16-17-24-26(19-18-25)20-21-27(24)22-23-28/h9-10,28H,2-8,11-23,25H2,1H3/q+1/b10-9-. The Hall–Kier alpha value is -0.870. The molecule has 0 aliphatic carbocycles. The molecular weight excluding hydrogens is 346 g/mol. The van der Waals surface area contributed by atoms with Crippen LogP contribution >= 0.6 is 0 Å². The monoisotopic (exact) mass is 394 g/mol. The van der Waals surface area contributed by atoms with Crippen molar-refractivity contribution in [2.75, 3.05) is 39.3 Å². The van der Waals surface area contributed by atoms with Crippen molar-refractivity contribution in [1.29, 1.82) is 0 Å². The molecule has 0 unspecified atom stereocenters. The SMILES string of the molecule is CCCCCCCC/C=C\CCCCCCCC1=[N+](CCN)CCN1CCO. The number of amidine groups is 1. The molecule has 0 saturated carbocycles. The molecule has 1 heterocycles. The average molecular weight is 395 g/mol. The van der Waals surface area contributed by atoms with Gasteiger partial charge in [-0.1, -0.05) is 70.4 Å². The van der Waals surface area contributed by atoms with Gasteiger partial charge in [0.1, 0.15) is 19.6 Å². The van der Waals surface area contributed by atoms with Crippen LogP contribution in [0.3, 0.4) is 0 Å². The maximum atomic E-state index is 9.26. The second-order valence-electron chi connectivity index (χ2n) is 8.24. The molecule has 1 rings (SSSR count). The summed E-state index contributed by atoms with van der Waals surface area (Å²) in [5.74, 6) is 1.41. The van der Waals surface area contributed by atoms with Crippen molar-refractivity contribution in [3.63, 3.8) is 0 Å². The fraction of sp³-hybridized carbons (Fsp3) is 0.875. The van der Waals surface area contributed by atoms with Gasteiger partial charge in [0.25, 0.3) is 0 Å². The Bertz CT molecular complexity index is 420. The van der Waals surface area contributed by atoms with Crippen molar-refractivity contribution < 1.29 is 9.68 Å². The largest absolute Gasteiger partial charge is 0.392 e. The molecule has 0 bridgehead atoms. The van der Waals surface area contributed by atoms with Gasteiger partial charge in [-0.2, -0.15) is 0 Å². The predicted octanol–water partition coefficient (Wildman–Crippen LogP) is 4.70. The summed E-state index contributed by atoms with van der Waals surface area (Å²) >= 11 is 0. The molecule has 28 heavy (non-hydrogen) atoms. The number of hydrogen-bond acceptors (Lipinski definition) is 3. The Morgan fingerprint density at radius 1 is 0.929 bits per heavy atom. The van der Waals surface area contributed by atoms with Crippen LogP contribution in [0, 0.1) is 0 Å². The highest BCUT2D eigenvalue weighted by Crippen LogP contribution is 2.13. The van der Waals surface area contributed by atoms with E-state index in [1.807, 2.05) is 0 Å². The number of nitrogens with zero attached hydrogens (tertiary/aromatic N) is 2. The maximum absolute atomic E-state index is 9.26. The van der Waals surface area contributed by atoms with E-state index in [0.29, 0.717) is 6.54 Å². The minimum absolute atomic E-state index is 0.242. The third-order valence-corrected chi connectivity index (χ3v) is 5.80. The van der Waals surface area contributed by atoms with Crippen LogP contribution in [0.25, 0.3) is 0 Å². The topological polar surface area (TPSA) is 52.5 Å². The lowest BCUT2D eigenvalue weighted by atomic mass is 10.1. The molecule has 0 fully saturated rings. The summed E-state index contributed by atoms with van der Waals surface area (Å²) in [5.41, 5.74) is 5.75. The van der Waals surface area contributed by atoms with Crippen molar-refractivity contribution in [2.24, 2.45) is 5.73 Å². The lowest BCUT2D eigenvalue weighted by Crippen LogP contribution is -2.33. The first kappa shape index (κ1) is 25.2. The number of aliphatic hydroxyl groups is 1. The molecule has 0 aromatic carbocycles. The van der Waals surface area contributed by atoms with E-state index in [-0.39, 0.29) is 6.61 Å². The molecule has 4 heteroatoms. The number of β-amino-alcohol motifs (C(OH)–C–C–N with tert-alkyl or cyclic N) is 1. The normalized spacial score (nSPS) is 14.8.